The minimum absolute atomic E-state index is 0.484. The monoisotopic (exact) mass is 417 g/mol. The van der Waals surface area contributed by atoms with Crippen LogP contribution in [0.25, 0.3) is 5.70 Å². The predicted molar refractivity (Wildman–Crippen MR) is 126 cm³/mol. The molecule has 0 atom stereocenters. The molecule has 4 rings (SSSR count). The second kappa shape index (κ2) is 9.36. The second-order valence-corrected chi connectivity index (χ2v) is 7.28. The van der Waals surface area contributed by atoms with E-state index in [1.54, 1.807) is 12.3 Å². The van der Waals surface area contributed by atoms with Crippen molar-refractivity contribution in [1.82, 2.24) is 9.97 Å². The van der Waals surface area contributed by atoms with Gasteiger partial charge in [-0.2, -0.15) is 4.98 Å². The summed E-state index contributed by atoms with van der Waals surface area (Å²) in [5.74, 6) is 1.09. The summed E-state index contributed by atoms with van der Waals surface area (Å²) in [6.45, 7) is 5.23. The van der Waals surface area contributed by atoms with Crippen molar-refractivity contribution in [1.29, 1.82) is 0 Å². The van der Waals surface area contributed by atoms with Gasteiger partial charge in [-0.1, -0.05) is 24.3 Å². The van der Waals surface area contributed by atoms with E-state index < -0.39 is 0 Å². The van der Waals surface area contributed by atoms with E-state index in [0.717, 1.165) is 48.8 Å². The van der Waals surface area contributed by atoms with Gasteiger partial charge in [0.25, 0.3) is 0 Å². The molecule has 0 saturated carbocycles. The van der Waals surface area contributed by atoms with Gasteiger partial charge in [0.05, 0.1) is 18.9 Å². The first kappa shape index (κ1) is 20.5. The van der Waals surface area contributed by atoms with Gasteiger partial charge < -0.3 is 31.7 Å². The fourth-order valence-corrected chi connectivity index (χ4v) is 3.47. The number of ether oxygens (including phenoxy) is 1. The molecule has 3 aromatic rings. The highest BCUT2D eigenvalue weighted by molar-refractivity contribution is 5.82. The Morgan fingerprint density at radius 2 is 1.94 bits per heavy atom. The number of hydrogen-bond acceptors (Lipinski definition) is 8. The van der Waals surface area contributed by atoms with Gasteiger partial charge in [0, 0.05) is 48.1 Å². The van der Waals surface area contributed by atoms with Crippen LogP contribution in [-0.2, 0) is 4.74 Å². The summed E-state index contributed by atoms with van der Waals surface area (Å²) in [7, 11) is 0. The van der Waals surface area contributed by atoms with Crippen molar-refractivity contribution in [3.8, 4) is 0 Å². The van der Waals surface area contributed by atoms with Gasteiger partial charge in [0.1, 0.15) is 5.82 Å². The minimum atomic E-state index is 0.484. The number of benzene rings is 2. The van der Waals surface area contributed by atoms with Gasteiger partial charge >= 0.3 is 0 Å². The molecule has 1 saturated heterocycles. The van der Waals surface area contributed by atoms with E-state index in [0.29, 0.717) is 23.2 Å². The van der Waals surface area contributed by atoms with E-state index in [1.807, 2.05) is 37.3 Å². The number of para-hydroxylation sites is 1. The summed E-state index contributed by atoms with van der Waals surface area (Å²) in [5.41, 5.74) is 17.3. The molecule has 1 fully saturated rings. The summed E-state index contributed by atoms with van der Waals surface area (Å²) in [6, 6.07) is 15.8. The Kier molecular flexibility index (Phi) is 6.18. The molecule has 0 aliphatic carbocycles. The molecule has 6 N–H and O–H groups in total. The number of hydrogen-bond donors (Lipinski definition) is 4. The average molecular weight is 418 g/mol. The van der Waals surface area contributed by atoms with E-state index in [-0.39, 0.29) is 0 Å². The Labute approximate surface area is 181 Å². The zero-order valence-electron chi connectivity index (χ0n) is 17.5. The Morgan fingerprint density at radius 3 is 2.74 bits per heavy atom. The third-order valence-electron chi connectivity index (χ3n) is 5.18. The van der Waals surface area contributed by atoms with Crippen molar-refractivity contribution < 1.29 is 4.74 Å². The van der Waals surface area contributed by atoms with Crippen LogP contribution in [-0.4, -0.2) is 36.3 Å². The lowest BCUT2D eigenvalue weighted by Gasteiger charge is -2.29. The number of nitrogens with one attached hydrogen (secondary N) is 2. The molecule has 0 amide bonds. The van der Waals surface area contributed by atoms with Crippen molar-refractivity contribution in [2.75, 3.05) is 47.6 Å². The zero-order valence-corrected chi connectivity index (χ0v) is 17.5. The lowest BCUT2D eigenvalue weighted by Crippen LogP contribution is -2.36. The lowest BCUT2D eigenvalue weighted by molar-refractivity contribution is 0.122. The van der Waals surface area contributed by atoms with Crippen LogP contribution in [0.15, 0.2) is 60.9 Å². The molecular formula is C23H27N7O. The first-order chi connectivity index (χ1) is 15.1. The number of nitrogens with two attached hydrogens (primary N) is 2. The van der Waals surface area contributed by atoms with Crippen LogP contribution < -0.4 is 27.0 Å². The Hall–Kier alpha value is -3.78. The highest BCUT2D eigenvalue weighted by atomic mass is 16.5. The van der Waals surface area contributed by atoms with Crippen LogP contribution >= 0.6 is 0 Å². The quantitative estimate of drug-likeness (QED) is 0.452. The number of anilines is 5. The maximum atomic E-state index is 6.23. The van der Waals surface area contributed by atoms with Crippen LogP contribution in [0.3, 0.4) is 0 Å². The maximum absolute atomic E-state index is 6.23. The molecule has 2 heterocycles. The Balaban J connectivity index is 1.50. The summed E-state index contributed by atoms with van der Waals surface area (Å²) in [6.07, 6.45) is 3.18. The fourth-order valence-electron chi connectivity index (χ4n) is 3.47. The molecule has 1 aromatic heterocycles. The number of nitrogens with zero attached hydrogens (tertiary/aromatic N) is 3. The number of aromatic nitrogens is 2. The molecule has 8 heteroatoms. The van der Waals surface area contributed by atoms with Crippen LogP contribution in [0.2, 0.25) is 0 Å². The third-order valence-corrected chi connectivity index (χ3v) is 5.18. The third kappa shape index (κ3) is 4.87. The smallest absolute Gasteiger partial charge is 0.229 e. The highest BCUT2D eigenvalue weighted by Crippen LogP contribution is 2.26. The molecular weight excluding hydrogens is 390 g/mol. The average Bonchev–Trinajstić information content (AvgIpc) is 2.80. The summed E-state index contributed by atoms with van der Waals surface area (Å²) in [4.78, 5) is 11.2. The first-order valence-electron chi connectivity index (χ1n) is 10.2. The molecule has 0 spiro atoms. The van der Waals surface area contributed by atoms with Gasteiger partial charge in [-0.15, -0.1) is 0 Å². The van der Waals surface area contributed by atoms with Gasteiger partial charge in [-0.25, -0.2) is 4.98 Å². The Morgan fingerprint density at radius 1 is 1.13 bits per heavy atom. The molecule has 31 heavy (non-hydrogen) atoms. The van der Waals surface area contributed by atoms with Gasteiger partial charge in [-0.3, -0.25) is 0 Å². The molecule has 1 aliphatic rings. The van der Waals surface area contributed by atoms with Gasteiger partial charge in [0.15, 0.2) is 0 Å². The zero-order chi connectivity index (χ0) is 21.6. The standard InChI is InChI=1S/C23H27N7O/c1-16-4-2-7-19(22(16)25)20(15-24)28-21-8-9-26-23(29-21)27-17-5-3-6-18(14-17)30-10-12-31-13-11-30/h2-9,14-15H,10-13,24-25H2,1H3,(H2,26,27,28,29)/b20-15+. The number of aryl methyl sites for hydroxylation is 1. The van der Waals surface area contributed by atoms with Crippen molar-refractivity contribution in [3.63, 3.8) is 0 Å². The molecule has 2 aromatic carbocycles. The Bertz CT molecular complexity index is 1080. The maximum Gasteiger partial charge on any atom is 0.229 e. The minimum Gasteiger partial charge on any atom is -0.403 e. The molecule has 0 bridgehead atoms. The number of morpholine rings is 1. The molecule has 1 aliphatic heterocycles. The van der Waals surface area contributed by atoms with Crippen molar-refractivity contribution in [3.05, 3.63) is 72.1 Å². The second-order valence-electron chi connectivity index (χ2n) is 7.28. The first-order valence-corrected chi connectivity index (χ1v) is 10.2. The summed E-state index contributed by atoms with van der Waals surface area (Å²) >= 11 is 0. The molecule has 160 valence electrons. The lowest BCUT2D eigenvalue weighted by atomic mass is 10.1. The van der Waals surface area contributed by atoms with Crippen molar-refractivity contribution in [2.24, 2.45) is 5.73 Å². The van der Waals surface area contributed by atoms with Gasteiger partial charge in [-0.05, 0) is 36.8 Å². The highest BCUT2D eigenvalue weighted by Gasteiger charge is 2.12. The van der Waals surface area contributed by atoms with Crippen molar-refractivity contribution >= 4 is 34.5 Å². The molecule has 0 unspecified atom stereocenters. The summed E-state index contributed by atoms with van der Waals surface area (Å²) in [5, 5.41) is 6.52. The summed E-state index contributed by atoms with van der Waals surface area (Å²) < 4.78 is 5.44. The molecule has 0 radical (unpaired) electrons. The predicted octanol–water partition coefficient (Wildman–Crippen LogP) is 3.32. The largest absolute Gasteiger partial charge is 0.403 e. The van der Waals surface area contributed by atoms with Crippen LogP contribution in [0.5, 0.6) is 0 Å². The van der Waals surface area contributed by atoms with E-state index >= 15 is 0 Å². The van der Waals surface area contributed by atoms with E-state index in [4.69, 9.17) is 16.2 Å². The number of nitrogen functional groups attached to an aromatic ring is 1. The molecule has 8 nitrogen and oxygen atoms in total. The van der Waals surface area contributed by atoms with E-state index in [1.165, 1.54) is 6.20 Å². The van der Waals surface area contributed by atoms with E-state index in [9.17, 15) is 0 Å². The van der Waals surface area contributed by atoms with Crippen LogP contribution in [0, 0.1) is 6.92 Å². The topological polar surface area (TPSA) is 114 Å². The normalized spacial score (nSPS) is 14.4. The van der Waals surface area contributed by atoms with Crippen molar-refractivity contribution in [2.45, 2.75) is 6.92 Å². The number of rotatable bonds is 6. The van der Waals surface area contributed by atoms with E-state index in [2.05, 4.69) is 37.6 Å². The fraction of sp³-hybridized carbons (Fsp3) is 0.217. The van der Waals surface area contributed by atoms with Crippen LogP contribution in [0.4, 0.5) is 28.8 Å². The van der Waals surface area contributed by atoms with Crippen LogP contribution in [0.1, 0.15) is 11.1 Å². The van der Waals surface area contributed by atoms with Gasteiger partial charge in [0.2, 0.25) is 5.95 Å². The SMILES string of the molecule is Cc1cccc(/C(=C\N)Nc2ccnc(Nc3cccc(N4CCOCC4)c3)n2)c1N.